The van der Waals surface area contributed by atoms with Gasteiger partial charge in [-0.05, 0) is 43.2 Å². The van der Waals surface area contributed by atoms with Crippen molar-refractivity contribution in [2.24, 2.45) is 0 Å². The van der Waals surface area contributed by atoms with E-state index in [-0.39, 0.29) is 23.2 Å². The molecule has 4 rings (SSSR count). The second-order valence-electron chi connectivity index (χ2n) is 5.91. The van der Waals surface area contributed by atoms with E-state index in [9.17, 15) is 9.18 Å². The van der Waals surface area contributed by atoms with Crippen LogP contribution in [0, 0.1) is 5.82 Å². The number of hydrogen-bond donors (Lipinski definition) is 1. The Morgan fingerprint density at radius 2 is 2.20 bits per heavy atom. The molecule has 1 N–H and O–H groups in total. The Hall–Kier alpha value is -2.67. The van der Waals surface area contributed by atoms with Crippen LogP contribution in [0.2, 0.25) is 5.02 Å². The Kier molecular flexibility index (Phi) is 4.01. The lowest BCUT2D eigenvalue weighted by molar-refractivity contribution is -0.116. The molecule has 25 heavy (non-hydrogen) atoms. The number of nitrogens with one attached hydrogen (secondary N) is 1. The molecule has 2 aromatic heterocycles. The summed E-state index contributed by atoms with van der Waals surface area (Å²) in [6.07, 6.45) is 3.86. The van der Waals surface area contributed by atoms with Crippen LogP contribution in [0.5, 0.6) is 0 Å². The first-order valence-electron chi connectivity index (χ1n) is 7.84. The number of aromatic nitrogens is 3. The second-order valence-corrected chi connectivity index (χ2v) is 6.35. The number of carbonyl (C=O) groups excluding carboxylic acids is 1. The number of carbonyl (C=O) groups is 1. The van der Waals surface area contributed by atoms with Crippen molar-refractivity contribution >= 4 is 23.2 Å². The van der Waals surface area contributed by atoms with Crippen molar-refractivity contribution in [3.05, 3.63) is 53.3 Å². The van der Waals surface area contributed by atoms with Gasteiger partial charge in [-0.2, -0.15) is 0 Å². The largest absolute Gasteiger partial charge is 0.419 e. The van der Waals surface area contributed by atoms with E-state index in [1.165, 1.54) is 12.1 Å². The third-order valence-electron chi connectivity index (χ3n) is 3.94. The number of anilines is 1. The molecule has 1 saturated carbocycles. The van der Waals surface area contributed by atoms with Crippen LogP contribution in [-0.4, -0.2) is 20.7 Å². The summed E-state index contributed by atoms with van der Waals surface area (Å²) in [5.74, 6) is 0.411. The van der Waals surface area contributed by atoms with Crippen molar-refractivity contribution in [3.8, 4) is 11.6 Å². The summed E-state index contributed by atoms with van der Waals surface area (Å²) in [4.78, 5) is 12.2. The lowest BCUT2D eigenvalue weighted by Crippen LogP contribution is -2.19. The molecule has 0 aliphatic heterocycles. The number of halogens is 2. The Labute approximate surface area is 147 Å². The van der Waals surface area contributed by atoms with E-state index in [1.54, 1.807) is 22.9 Å². The van der Waals surface area contributed by atoms with Gasteiger partial charge in [0, 0.05) is 17.1 Å². The van der Waals surface area contributed by atoms with E-state index < -0.39 is 5.82 Å². The van der Waals surface area contributed by atoms with Gasteiger partial charge >= 0.3 is 0 Å². The summed E-state index contributed by atoms with van der Waals surface area (Å²) in [6, 6.07) is 7.66. The van der Waals surface area contributed by atoms with Crippen LogP contribution < -0.4 is 5.32 Å². The average Bonchev–Trinajstić information content (AvgIpc) is 3.13. The minimum absolute atomic E-state index is 0.00839. The monoisotopic (exact) mass is 360 g/mol. The lowest BCUT2D eigenvalue weighted by atomic mass is 10.3. The Morgan fingerprint density at radius 3 is 2.96 bits per heavy atom. The molecule has 6 nitrogen and oxygen atoms in total. The molecule has 0 radical (unpaired) electrons. The van der Waals surface area contributed by atoms with Gasteiger partial charge in [-0.15, -0.1) is 10.2 Å². The molecule has 2 heterocycles. The summed E-state index contributed by atoms with van der Waals surface area (Å²) in [6.45, 7) is -0.00839. The normalized spacial score (nSPS) is 13.8. The maximum Gasteiger partial charge on any atom is 0.264 e. The summed E-state index contributed by atoms with van der Waals surface area (Å²) >= 11 is 5.71. The zero-order chi connectivity index (χ0) is 17.4. The van der Waals surface area contributed by atoms with Crippen molar-refractivity contribution < 1.29 is 13.6 Å². The quantitative estimate of drug-likeness (QED) is 0.750. The van der Waals surface area contributed by atoms with Crippen LogP contribution in [0.3, 0.4) is 0 Å². The number of amides is 1. The fourth-order valence-corrected chi connectivity index (χ4v) is 2.67. The van der Waals surface area contributed by atoms with E-state index in [4.69, 9.17) is 16.0 Å². The summed E-state index contributed by atoms with van der Waals surface area (Å²) < 4.78 is 21.1. The van der Waals surface area contributed by atoms with Gasteiger partial charge in [0.15, 0.2) is 0 Å². The maximum atomic E-state index is 13.8. The summed E-state index contributed by atoms with van der Waals surface area (Å²) in [5.41, 5.74) is 0.725. The molecule has 0 atom stereocenters. The minimum Gasteiger partial charge on any atom is -0.419 e. The zero-order valence-corrected chi connectivity index (χ0v) is 13.8. The highest BCUT2D eigenvalue weighted by Crippen LogP contribution is 2.39. The molecule has 8 heteroatoms. The van der Waals surface area contributed by atoms with Crippen molar-refractivity contribution in [1.82, 2.24) is 14.8 Å². The van der Waals surface area contributed by atoms with Crippen molar-refractivity contribution in [2.75, 3.05) is 5.32 Å². The third-order valence-corrected chi connectivity index (χ3v) is 4.17. The molecule has 0 spiro atoms. The highest BCUT2D eigenvalue weighted by molar-refractivity contribution is 6.30. The van der Waals surface area contributed by atoms with E-state index in [1.807, 2.05) is 0 Å². The number of rotatable bonds is 5. The minimum atomic E-state index is -0.584. The Morgan fingerprint density at radius 1 is 1.36 bits per heavy atom. The lowest BCUT2D eigenvalue weighted by Gasteiger charge is -2.09. The maximum absolute atomic E-state index is 13.8. The highest BCUT2D eigenvalue weighted by atomic mass is 35.5. The average molecular weight is 361 g/mol. The predicted molar refractivity (Wildman–Crippen MR) is 89.7 cm³/mol. The number of hydrogen-bond acceptors (Lipinski definition) is 4. The Bertz CT molecular complexity index is 932. The van der Waals surface area contributed by atoms with Crippen LogP contribution in [0.15, 0.2) is 40.9 Å². The van der Waals surface area contributed by atoms with E-state index in [0.29, 0.717) is 23.4 Å². The fraction of sp³-hybridized carbons (Fsp3) is 0.235. The van der Waals surface area contributed by atoms with Crippen LogP contribution in [0.4, 0.5) is 10.1 Å². The second kappa shape index (κ2) is 6.33. The standard InChI is InChI=1S/C17H14ClFN4O2/c18-11-5-6-13(12(19)8-11)20-15(24)9-23-7-1-2-14(23)17-22-21-16(25-17)10-3-4-10/h1-2,5-8,10H,3-4,9H2,(H,20,24). The van der Waals surface area contributed by atoms with Gasteiger partial charge < -0.3 is 14.3 Å². The van der Waals surface area contributed by atoms with Crippen LogP contribution >= 0.6 is 11.6 Å². The molecule has 1 amide bonds. The SMILES string of the molecule is O=C(Cn1cccc1-c1nnc(C2CC2)o1)Nc1ccc(Cl)cc1F. The van der Waals surface area contributed by atoms with Crippen LogP contribution in [0.1, 0.15) is 24.7 Å². The smallest absolute Gasteiger partial charge is 0.264 e. The molecular formula is C17H14ClFN4O2. The van der Waals surface area contributed by atoms with Gasteiger partial charge in [0.05, 0.1) is 5.69 Å². The van der Waals surface area contributed by atoms with Crippen molar-refractivity contribution in [1.29, 1.82) is 0 Å². The molecule has 0 bridgehead atoms. The summed E-state index contributed by atoms with van der Waals surface area (Å²) in [7, 11) is 0. The first kappa shape index (κ1) is 15.8. The van der Waals surface area contributed by atoms with E-state index in [2.05, 4.69) is 15.5 Å². The molecule has 1 aromatic carbocycles. The van der Waals surface area contributed by atoms with Gasteiger partial charge in [0.2, 0.25) is 11.8 Å². The van der Waals surface area contributed by atoms with Crippen molar-refractivity contribution in [3.63, 3.8) is 0 Å². The topological polar surface area (TPSA) is 73.0 Å². The van der Waals surface area contributed by atoms with Crippen molar-refractivity contribution in [2.45, 2.75) is 25.3 Å². The molecule has 3 aromatic rings. The molecule has 1 fully saturated rings. The predicted octanol–water partition coefficient (Wildman–Crippen LogP) is 3.85. The molecular weight excluding hydrogens is 347 g/mol. The van der Waals surface area contributed by atoms with Crippen LogP contribution in [0.25, 0.3) is 11.6 Å². The molecule has 0 unspecified atom stereocenters. The molecule has 1 aliphatic rings. The van der Waals surface area contributed by atoms with Gasteiger partial charge in [-0.3, -0.25) is 4.79 Å². The molecule has 128 valence electrons. The first-order valence-corrected chi connectivity index (χ1v) is 8.22. The van der Waals surface area contributed by atoms with Gasteiger partial charge in [0.1, 0.15) is 18.1 Å². The van der Waals surface area contributed by atoms with Crippen LogP contribution in [-0.2, 0) is 11.3 Å². The van der Waals surface area contributed by atoms with E-state index >= 15 is 0 Å². The fourth-order valence-electron chi connectivity index (χ4n) is 2.51. The van der Waals surface area contributed by atoms with Gasteiger partial charge in [-0.25, -0.2) is 4.39 Å². The zero-order valence-electron chi connectivity index (χ0n) is 13.1. The van der Waals surface area contributed by atoms with E-state index in [0.717, 1.165) is 18.9 Å². The van der Waals surface area contributed by atoms with Gasteiger partial charge in [0.25, 0.3) is 5.89 Å². The molecule has 0 saturated heterocycles. The third kappa shape index (κ3) is 3.41. The first-order chi connectivity index (χ1) is 12.1. The highest BCUT2D eigenvalue weighted by Gasteiger charge is 2.30. The number of benzene rings is 1. The number of nitrogens with zero attached hydrogens (tertiary/aromatic N) is 3. The molecule has 1 aliphatic carbocycles. The summed E-state index contributed by atoms with van der Waals surface area (Å²) in [5, 5.41) is 10.9. The van der Waals surface area contributed by atoms with Gasteiger partial charge in [-0.1, -0.05) is 11.6 Å². The Balaban J connectivity index is 1.49.